The molecule has 20 heavy (non-hydrogen) atoms. The molecular formula is C15H16ClFN2O. The van der Waals surface area contributed by atoms with Crippen LogP contribution in [0.15, 0.2) is 36.4 Å². The van der Waals surface area contributed by atoms with Gasteiger partial charge in [-0.15, -0.1) is 0 Å². The molecule has 106 valence electrons. The molecule has 0 fully saturated rings. The van der Waals surface area contributed by atoms with Crippen molar-refractivity contribution in [2.75, 3.05) is 11.1 Å². The van der Waals surface area contributed by atoms with Crippen LogP contribution in [0.4, 0.5) is 21.5 Å². The summed E-state index contributed by atoms with van der Waals surface area (Å²) in [7, 11) is 0. The molecule has 3 nitrogen and oxygen atoms in total. The van der Waals surface area contributed by atoms with Crippen LogP contribution in [0.25, 0.3) is 0 Å². The number of nitrogens with two attached hydrogens (primary N) is 1. The first-order chi connectivity index (χ1) is 9.49. The quantitative estimate of drug-likeness (QED) is 0.811. The molecule has 5 heteroatoms. The van der Waals surface area contributed by atoms with Gasteiger partial charge in [-0.1, -0.05) is 23.7 Å². The van der Waals surface area contributed by atoms with Gasteiger partial charge in [0.05, 0.1) is 28.2 Å². The summed E-state index contributed by atoms with van der Waals surface area (Å²) in [5.74, 6) is 0.115. The minimum atomic E-state index is -0.438. The standard InChI is InChI=1S/C15H16ClFN2O/c1-9(2)20-13-8-4-7-12(14(13)18)19-15-10(16)5-3-6-11(15)17/h3-9,19H,18H2,1-2H3. The predicted molar refractivity (Wildman–Crippen MR) is 81.3 cm³/mol. The molecular weight excluding hydrogens is 279 g/mol. The number of nitrogen functional groups attached to an aromatic ring is 1. The number of hydrogen-bond acceptors (Lipinski definition) is 3. The molecule has 0 aromatic heterocycles. The van der Waals surface area contributed by atoms with Crippen molar-refractivity contribution in [3.63, 3.8) is 0 Å². The molecule has 2 aromatic carbocycles. The van der Waals surface area contributed by atoms with E-state index in [1.165, 1.54) is 6.07 Å². The van der Waals surface area contributed by atoms with Gasteiger partial charge in [0.15, 0.2) is 0 Å². The molecule has 3 N–H and O–H groups in total. The second-order valence-electron chi connectivity index (χ2n) is 4.61. The molecule has 0 unspecified atom stereocenters. The maximum atomic E-state index is 13.8. The first-order valence-corrected chi connectivity index (χ1v) is 6.63. The van der Waals surface area contributed by atoms with Gasteiger partial charge < -0.3 is 15.8 Å². The zero-order valence-corrected chi connectivity index (χ0v) is 12.0. The van der Waals surface area contributed by atoms with Crippen molar-refractivity contribution in [2.45, 2.75) is 20.0 Å². The van der Waals surface area contributed by atoms with Crippen LogP contribution in [0.3, 0.4) is 0 Å². The molecule has 0 aliphatic rings. The number of nitrogens with one attached hydrogen (secondary N) is 1. The van der Waals surface area contributed by atoms with Gasteiger partial charge in [-0.2, -0.15) is 0 Å². The average molecular weight is 295 g/mol. The Morgan fingerprint density at radius 2 is 1.90 bits per heavy atom. The van der Waals surface area contributed by atoms with Crippen molar-refractivity contribution < 1.29 is 9.13 Å². The Hall–Kier alpha value is -1.94. The number of halogens is 2. The maximum absolute atomic E-state index is 13.8. The summed E-state index contributed by atoms with van der Waals surface area (Å²) in [6.45, 7) is 3.82. The molecule has 0 spiro atoms. The lowest BCUT2D eigenvalue weighted by Gasteiger charge is -2.16. The molecule has 0 heterocycles. The molecule has 0 saturated carbocycles. The molecule has 0 radical (unpaired) electrons. The highest BCUT2D eigenvalue weighted by atomic mass is 35.5. The highest BCUT2D eigenvalue weighted by molar-refractivity contribution is 6.33. The Labute approximate surface area is 122 Å². The van der Waals surface area contributed by atoms with E-state index in [1.54, 1.807) is 30.3 Å². The maximum Gasteiger partial charge on any atom is 0.148 e. The zero-order chi connectivity index (χ0) is 14.7. The third kappa shape index (κ3) is 3.14. The van der Waals surface area contributed by atoms with E-state index in [4.69, 9.17) is 22.1 Å². The third-order valence-electron chi connectivity index (χ3n) is 2.65. The van der Waals surface area contributed by atoms with Crippen molar-refractivity contribution in [2.24, 2.45) is 0 Å². The van der Waals surface area contributed by atoms with Crippen LogP contribution < -0.4 is 15.8 Å². The summed E-state index contributed by atoms with van der Waals surface area (Å²) in [4.78, 5) is 0. The highest BCUT2D eigenvalue weighted by Gasteiger charge is 2.11. The summed E-state index contributed by atoms with van der Waals surface area (Å²) in [6.07, 6.45) is 0.00426. The zero-order valence-electron chi connectivity index (χ0n) is 11.3. The summed E-state index contributed by atoms with van der Waals surface area (Å²) < 4.78 is 19.4. The largest absolute Gasteiger partial charge is 0.489 e. The smallest absolute Gasteiger partial charge is 0.148 e. The Morgan fingerprint density at radius 1 is 1.20 bits per heavy atom. The molecule has 0 amide bonds. The van der Waals surface area contributed by atoms with Crippen LogP contribution in [0.1, 0.15) is 13.8 Å². The van der Waals surface area contributed by atoms with E-state index in [-0.39, 0.29) is 11.8 Å². The number of ether oxygens (including phenoxy) is 1. The first kappa shape index (κ1) is 14.5. The Balaban J connectivity index is 2.35. The van der Waals surface area contributed by atoms with E-state index in [2.05, 4.69) is 5.32 Å². The van der Waals surface area contributed by atoms with Crippen LogP contribution >= 0.6 is 11.6 Å². The van der Waals surface area contributed by atoms with Gasteiger partial charge in [0, 0.05) is 0 Å². The summed E-state index contributed by atoms with van der Waals surface area (Å²) >= 11 is 5.98. The third-order valence-corrected chi connectivity index (χ3v) is 2.97. The van der Waals surface area contributed by atoms with Gasteiger partial charge in [-0.25, -0.2) is 4.39 Å². The molecule has 2 rings (SSSR count). The number of para-hydroxylation sites is 2. The molecule has 2 aromatic rings. The van der Waals surface area contributed by atoms with Crippen molar-refractivity contribution >= 4 is 28.7 Å². The van der Waals surface area contributed by atoms with Gasteiger partial charge in [0.1, 0.15) is 11.6 Å². The Kier molecular flexibility index (Phi) is 4.35. The second kappa shape index (κ2) is 6.01. The van der Waals surface area contributed by atoms with Crippen molar-refractivity contribution in [1.29, 1.82) is 0 Å². The molecule has 0 bridgehead atoms. The monoisotopic (exact) mass is 294 g/mol. The lowest BCUT2D eigenvalue weighted by molar-refractivity contribution is 0.244. The van der Waals surface area contributed by atoms with Crippen LogP contribution in [0, 0.1) is 5.82 Å². The average Bonchev–Trinajstić information content (AvgIpc) is 2.37. The second-order valence-corrected chi connectivity index (χ2v) is 5.01. The lowest BCUT2D eigenvalue weighted by atomic mass is 10.2. The number of anilines is 3. The highest BCUT2D eigenvalue weighted by Crippen LogP contribution is 2.35. The van der Waals surface area contributed by atoms with Crippen LogP contribution in [-0.2, 0) is 0 Å². The minimum absolute atomic E-state index is 0.00426. The Morgan fingerprint density at radius 3 is 2.55 bits per heavy atom. The van der Waals surface area contributed by atoms with Crippen LogP contribution in [-0.4, -0.2) is 6.10 Å². The topological polar surface area (TPSA) is 47.3 Å². The van der Waals surface area contributed by atoms with Gasteiger partial charge in [-0.05, 0) is 38.1 Å². The molecule has 0 aliphatic heterocycles. The van der Waals surface area contributed by atoms with Gasteiger partial charge in [0.2, 0.25) is 0 Å². The van der Waals surface area contributed by atoms with E-state index in [0.717, 1.165) is 0 Å². The molecule has 0 saturated heterocycles. The van der Waals surface area contributed by atoms with E-state index in [9.17, 15) is 4.39 Å². The van der Waals surface area contributed by atoms with Crippen molar-refractivity contribution in [3.05, 3.63) is 47.2 Å². The predicted octanol–water partition coefficient (Wildman–Crippen LogP) is 4.59. The van der Waals surface area contributed by atoms with Gasteiger partial charge in [-0.3, -0.25) is 0 Å². The minimum Gasteiger partial charge on any atom is -0.489 e. The fourth-order valence-corrected chi connectivity index (χ4v) is 1.97. The summed E-state index contributed by atoms with van der Waals surface area (Å²) in [5.41, 5.74) is 7.19. The lowest BCUT2D eigenvalue weighted by Crippen LogP contribution is -2.08. The molecule has 0 atom stereocenters. The summed E-state index contributed by atoms with van der Waals surface area (Å²) in [5, 5.41) is 3.20. The van der Waals surface area contributed by atoms with E-state index < -0.39 is 5.82 Å². The van der Waals surface area contributed by atoms with Gasteiger partial charge in [0.25, 0.3) is 0 Å². The Bertz CT molecular complexity index is 597. The number of hydrogen-bond donors (Lipinski definition) is 2. The normalized spacial score (nSPS) is 10.7. The van der Waals surface area contributed by atoms with Crippen LogP contribution in [0.2, 0.25) is 5.02 Å². The van der Waals surface area contributed by atoms with E-state index >= 15 is 0 Å². The first-order valence-electron chi connectivity index (χ1n) is 6.25. The van der Waals surface area contributed by atoms with Crippen molar-refractivity contribution in [3.8, 4) is 5.75 Å². The van der Waals surface area contributed by atoms with Gasteiger partial charge >= 0.3 is 0 Å². The number of benzene rings is 2. The molecule has 0 aliphatic carbocycles. The van der Waals surface area contributed by atoms with Crippen molar-refractivity contribution in [1.82, 2.24) is 0 Å². The fraction of sp³-hybridized carbons (Fsp3) is 0.200. The summed E-state index contributed by atoms with van der Waals surface area (Å²) in [6, 6.07) is 9.78. The fourth-order valence-electron chi connectivity index (χ4n) is 1.76. The SMILES string of the molecule is CC(C)Oc1cccc(Nc2c(F)cccc2Cl)c1N. The van der Waals surface area contributed by atoms with E-state index in [1.807, 2.05) is 13.8 Å². The van der Waals surface area contributed by atoms with E-state index in [0.29, 0.717) is 22.1 Å². The number of rotatable bonds is 4. The van der Waals surface area contributed by atoms with Crippen LogP contribution in [0.5, 0.6) is 5.75 Å².